The van der Waals surface area contributed by atoms with Gasteiger partial charge in [0.25, 0.3) is 0 Å². The Morgan fingerprint density at radius 1 is 1.28 bits per heavy atom. The van der Waals surface area contributed by atoms with Crippen LogP contribution in [-0.2, 0) is 4.74 Å². The van der Waals surface area contributed by atoms with Crippen LogP contribution in [0.25, 0.3) is 0 Å². The van der Waals surface area contributed by atoms with Gasteiger partial charge in [-0.25, -0.2) is 4.79 Å². The van der Waals surface area contributed by atoms with E-state index in [-0.39, 0.29) is 6.04 Å². The van der Waals surface area contributed by atoms with Crippen molar-refractivity contribution in [3.05, 3.63) is 0 Å². The van der Waals surface area contributed by atoms with Gasteiger partial charge in [-0.15, -0.1) is 0 Å². The molecule has 2 fully saturated rings. The Morgan fingerprint density at radius 2 is 1.83 bits per heavy atom. The molecule has 2 aliphatic rings. The minimum atomic E-state index is -0.917. The summed E-state index contributed by atoms with van der Waals surface area (Å²) >= 11 is 0. The van der Waals surface area contributed by atoms with Crippen LogP contribution >= 0.6 is 0 Å². The van der Waals surface area contributed by atoms with E-state index in [1.54, 1.807) is 13.8 Å². The van der Waals surface area contributed by atoms with Gasteiger partial charge in [0, 0.05) is 0 Å². The molecule has 1 amide bonds. The van der Waals surface area contributed by atoms with Crippen molar-refractivity contribution in [2.75, 3.05) is 6.61 Å². The largest absolute Gasteiger partial charge is 0.465 e. The first-order chi connectivity index (χ1) is 8.23. The highest BCUT2D eigenvalue weighted by molar-refractivity contribution is 5.66. The maximum atomic E-state index is 11.4. The van der Waals surface area contributed by atoms with E-state index in [9.17, 15) is 15.0 Å². The predicted octanol–water partition coefficient (Wildman–Crippen LogP) is 2.04. The molecule has 0 bridgehead atoms. The van der Waals surface area contributed by atoms with E-state index in [1.807, 2.05) is 6.92 Å². The minimum Gasteiger partial charge on any atom is -0.465 e. The first-order valence-corrected chi connectivity index (χ1v) is 6.61. The second-order valence-electron chi connectivity index (χ2n) is 6.31. The molecule has 0 aromatic heterocycles. The van der Waals surface area contributed by atoms with Gasteiger partial charge in [0.15, 0.2) is 0 Å². The van der Waals surface area contributed by atoms with Gasteiger partial charge in [-0.2, -0.15) is 0 Å². The fourth-order valence-corrected chi connectivity index (χ4v) is 3.20. The molecule has 2 rings (SSSR count). The highest BCUT2D eigenvalue weighted by atomic mass is 16.5. The van der Waals surface area contributed by atoms with Crippen LogP contribution in [-0.4, -0.2) is 45.2 Å². The number of amides is 1. The number of hydrogen-bond donors (Lipinski definition) is 2. The molecule has 1 atom stereocenters. The maximum Gasteiger partial charge on any atom is 0.409 e. The summed E-state index contributed by atoms with van der Waals surface area (Å²) in [7, 11) is 0. The summed E-state index contributed by atoms with van der Waals surface area (Å²) in [5.41, 5.74) is -1.32. The van der Waals surface area contributed by atoms with Crippen LogP contribution in [0.4, 0.5) is 4.79 Å². The number of ether oxygens (including phenoxy) is 1. The summed E-state index contributed by atoms with van der Waals surface area (Å²) in [4.78, 5) is 12.8. The molecule has 0 aromatic rings. The van der Waals surface area contributed by atoms with E-state index in [4.69, 9.17) is 4.74 Å². The van der Waals surface area contributed by atoms with Crippen molar-refractivity contribution in [2.45, 2.75) is 63.8 Å². The number of nitrogens with zero attached hydrogens (tertiary/aromatic N) is 1. The second-order valence-corrected chi connectivity index (χ2v) is 6.31. The molecular weight excluding hydrogens is 234 g/mol. The Hall–Kier alpha value is -0.810. The topological polar surface area (TPSA) is 70.0 Å². The van der Waals surface area contributed by atoms with Gasteiger partial charge in [0.2, 0.25) is 0 Å². The van der Waals surface area contributed by atoms with Crippen molar-refractivity contribution in [3.8, 4) is 0 Å². The zero-order valence-electron chi connectivity index (χ0n) is 11.3. The quantitative estimate of drug-likeness (QED) is 0.754. The molecule has 1 heterocycles. The molecule has 104 valence electrons. The van der Waals surface area contributed by atoms with Crippen LogP contribution in [0.5, 0.6) is 0 Å². The molecule has 0 spiro atoms. The van der Waals surface area contributed by atoms with Crippen LogP contribution in [0.3, 0.4) is 0 Å². The van der Waals surface area contributed by atoms with Crippen molar-refractivity contribution in [1.82, 2.24) is 4.90 Å². The van der Waals surface area contributed by atoms with E-state index >= 15 is 0 Å². The standard InChI is InChI=1S/C13H23NO4/c1-12(2)14(11(15)16)10(8-18-12)9-4-6-13(3,17)7-5-9/h9-10,17H,4-8H2,1-3H3,(H,15,16)/t9?,10-,13?/m0/s1. The average Bonchev–Trinajstić information content (AvgIpc) is 2.54. The zero-order chi connectivity index (χ0) is 13.6. The van der Waals surface area contributed by atoms with Crippen molar-refractivity contribution in [3.63, 3.8) is 0 Å². The smallest absolute Gasteiger partial charge is 0.409 e. The van der Waals surface area contributed by atoms with E-state index in [2.05, 4.69) is 0 Å². The lowest BCUT2D eigenvalue weighted by Crippen LogP contribution is -2.50. The third kappa shape index (κ3) is 2.47. The number of carbonyl (C=O) groups is 1. The molecule has 0 radical (unpaired) electrons. The van der Waals surface area contributed by atoms with Gasteiger partial charge >= 0.3 is 6.09 Å². The molecule has 18 heavy (non-hydrogen) atoms. The van der Waals surface area contributed by atoms with Gasteiger partial charge in [-0.05, 0) is 52.4 Å². The zero-order valence-corrected chi connectivity index (χ0v) is 11.3. The van der Waals surface area contributed by atoms with E-state index in [1.165, 1.54) is 4.90 Å². The van der Waals surface area contributed by atoms with Crippen LogP contribution in [0, 0.1) is 5.92 Å². The molecule has 2 N–H and O–H groups in total. The molecule has 1 aliphatic heterocycles. The number of carboxylic acid groups (broad SMARTS) is 1. The second kappa shape index (κ2) is 4.38. The van der Waals surface area contributed by atoms with Crippen molar-refractivity contribution < 1.29 is 19.7 Å². The van der Waals surface area contributed by atoms with Crippen LogP contribution in [0.1, 0.15) is 46.5 Å². The minimum absolute atomic E-state index is 0.0754. The Morgan fingerprint density at radius 3 is 2.33 bits per heavy atom. The van der Waals surface area contributed by atoms with E-state index in [0.717, 1.165) is 25.7 Å². The van der Waals surface area contributed by atoms with Gasteiger partial charge < -0.3 is 14.9 Å². The molecule has 5 heteroatoms. The maximum absolute atomic E-state index is 11.4. The number of hydrogen-bond acceptors (Lipinski definition) is 3. The average molecular weight is 257 g/mol. The van der Waals surface area contributed by atoms with E-state index in [0.29, 0.717) is 12.5 Å². The fourth-order valence-electron chi connectivity index (χ4n) is 3.20. The molecule has 1 aliphatic carbocycles. The number of aliphatic hydroxyl groups is 1. The Balaban J connectivity index is 2.08. The normalized spacial score (nSPS) is 39.9. The monoisotopic (exact) mass is 257 g/mol. The van der Waals surface area contributed by atoms with Crippen LogP contribution < -0.4 is 0 Å². The molecular formula is C13H23NO4. The lowest BCUT2D eigenvalue weighted by molar-refractivity contribution is -0.0466. The van der Waals surface area contributed by atoms with Crippen molar-refractivity contribution in [2.24, 2.45) is 5.92 Å². The molecule has 1 saturated heterocycles. The lowest BCUT2D eigenvalue weighted by Gasteiger charge is -2.39. The SMILES string of the molecule is CC1(O)CCC([C@@H]2COC(C)(C)N2C(=O)O)CC1. The highest BCUT2D eigenvalue weighted by Gasteiger charge is 2.48. The Bertz CT molecular complexity index is 330. The highest BCUT2D eigenvalue weighted by Crippen LogP contribution is 2.39. The Kier molecular flexibility index (Phi) is 3.32. The van der Waals surface area contributed by atoms with Crippen molar-refractivity contribution in [1.29, 1.82) is 0 Å². The Labute approximate surface area is 108 Å². The summed E-state index contributed by atoms with van der Waals surface area (Å²) in [5, 5.41) is 19.3. The summed E-state index contributed by atoms with van der Waals surface area (Å²) in [6.07, 6.45) is 2.28. The fraction of sp³-hybridized carbons (Fsp3) is 0.923. The number of rotatable bonds is 1. The predicted molar refractivity (Wildman–Crippen MR) is 66.3 cm³/mol. The third-order valence-electron chi connectivity index (χ3n) is 4.38. The summed E-state index contributed by atoms with van der Waals surface area (Å²) < 4.78 is 5.61. The van der Waals surface area contributed by atoms with Crippen LogP contribution in [0.2, 0.25) is 0 Å². The van der Waals surface area contributed by atoms with E-state index < -0.39 is 17.4 Å². The molecule has 5 nitrogen and oxygen atoms in total. The molecule has 0 aromatic carbocycles. The first kappa shape index (κ1) is 13.6. The molecule has 0 unspecified atom stereocenters. The summed E-state index contributed by atoms with van der Waals surface area (Å²) in [6.45, 7) is 5.90. The van der Waals surface area contributed by atoms with Gasteiger partial charge in [0.1, 0.15) is 5.72 Å². The van der Waals surface area contributed by atoms with Crippen LogP contribution in [0.15, 0.2) is 0 Å². The molecule has 1 saturated carbocycles. The third-order valence-corrected chi connectivity index (χ3v) is 4.38. The van der Waals surface area contributed by atoms with Crippen molar-refractivity contribution >= 4 is 6.09 Å². The first-order valence-electron chi connectivity index (χ1n) is 6.61. The van der Waals surface area contributed by atoms with Gasteiger partial charge in [-0.3, -0.25) is 4.90 Å². The van der Waals surface area contributed by atoms with Gasteiger partial charge in [0.05, 0.1) is 18.2 Å². The lowest BCUT2D eigenvalue weighted by atomic mass is 9.76. The summed E-state index contributed by atoms with van der Waals surface area (Å²) in [5.74, 6) is 0.295. The van der Waals surface area contributed by atoms with Gasteiger partial charge in [-0.1, -0.05) is 0 Å². The summed E-state index contributed by atoms with van der Waals surface area (Å²) in [6, 6.07) is -0.0754.